The first-order valence-electron chi connectivity index (χ1n) is 6.56. The summed E-state index contributed by atoms with van der Waals surface area (Å²) in [7, 11) is 0. The Morgan fingerprint density at radius 1 is 1.06 bits per heavy atom. The molecule has 4 bridgehead atoms. The van der Waals surface area contributed by atoms with Crippen molar-refractivity contribution in [2.75, 3.05) is 0 Å². The molecule has 0 heterocycles. The van der Waals surface area contributed by atoms with Crippen LogP contribution in [0.25, 0.3) is 0 Å². The SMILES string of the molecule is CC(N)=O.CC12CC3CC(C1)CC(C)(C3)C2.[Na+].[OH-]. The average molecular weight is 263 g/mol. The third-order valence-electron chi connectivity index (χ3n) is 4.65. The molecule has 3 N–H and O–H groups in total. The minimum absolute atomic E-state index is 0. The molecule has 0 aromatic carbocycles. The third-order valence-corrected chi connectivity index (χ3v) is 4.65. The van der Waals surface area contributed by atoms with Gasteiger partial charge in [0, 0.05) is 6.92 Å². The van der Waals surface area contributed by atoms with Gasteiger partial charge in [0.1, 0.15) is 0 Å². The first-order chi connectivity index (χ1) is 7.30. The Morgan fingerprint density at radius 2 is 1.33 bits per heavy atom. The van der Waals surface area contributed by atoms with Gasteiger partial charge in [-0.2, -0.15) is 0 Å². The van der Waals surface area contributed by atoms with E-state index < -0.39 is 0 Å². The molecule has 18 heavy (non-hydrogen) atoms. The van der Waals surface area contributed by atoms with Gasteiger partial charge in [0.25, 0.3) is 0 Å². The third kappa shape index (κ3) is 4.22. The van der Waals surface area contributed by atoms with Crippen molar-refractivity contribution in [2.24, 2.45) is 28.4 Å². The van der Waals surface area contributed by atoms with E-state index in [1.54, 1.807) is 32.1 Å². The van der Waals surface area contributed by atoms with Crippen molar-refractivity contribution < 1.29 is 39.8 Å². The summed E-state index contributed by atoms with van der Waals surface area (Å²) < 4.78 is 0. The van der Waals surface area contributed by atoms with Crippen LogP contribution in [-0.2, 0) is 4.79 Å². The quantitative estimate of drug-likeness (QED) is 0.621. The van der Waals surface area contributed by atoms with Gasteiger partial charge in [0.15, 0.2) is 0 Å². The van der Waals surface area contributed by atoms with Crippen LogP contribution < -0.4 is 35.3 Å². The van der Waals surface area contributed by atoms with E-state index in [0.29, 0.717) is 0 Å². The Hall–Kier alpha value is 0.430. The molecule has 0 aliphatic heterocycles. The van der Waals surface area contributed by atoms with E-state index in [0.717, 1.165) is 22.7 Å². The van der Waals surface area contributed by atoms with Gasteiger partial charge >= 0.3 is 29.6 Å². The number of amides is 1. The van der Waals surface area contributed by atoms with Crippen molar-refractivity contribution in [3.63, 3.8) is 0 Å². The predicted molar refractivity (Wildman–Crippen MR) is 67.7 cm³/mol. The molecule has 1 amide bonds. The average Bonchev–Trinajstić information content (AvgIpc) is 1.93. The number of primary amides is 1. The van der Waals surface area contributed by atoms with E-state index >= 15 is 0 Å². The standard InChI is InChI=1S/C12H20.C2H5NO.Na.H2O/c1-11-4-9-3-10(5-11)7-12(2,6-9)8-11;1-2(3)4;;/h9-10H,3-8H2,1-2H3;1H3,(H2,3,4);;1H2/q;;+1;/p-1. The number of rotatable bonds is 0. The molecular formula is C14H26NNaO2. The van der Waals surface area contributed by atoms with Gasteiger partial charge in [-0.15, -0.1) is 0 Å². The van der Waals surface area contributed by atoms with Gasteiger partial charge in [0.2, 0.25) is 5.91 Å². The van der Waals surface area contributed by atoms with Crippen molar-refractivity contribution in [3.8, 4) is 0 Å². The number of nitrogens with two attached hydrogens (primary N) is 1. The molecule has 0 aromatic rings. The van der Waals surface area contributed by atoms with Crippen LogP contribution in [0.2, 0.25) is 0 Å². The van der Waals surface area contributed by atoms with Crippen molar-refractivity contribution in [2.45, 2.75) is 59.3 Å². The maximum atomic E-state index is 9.22. The first-order valence-corrected chi connectivity index (χ1v) is 6.56. The second-order valence-corrected chi connectivity index (χ2v) is 7.19. The molecule has 0 radical (unpaired) electrons. The molecule has 4 rings (SSSR count). The molecule has 4 aliphatic carbocycles. The van der Waals surface area contributed by atoms with Crippen LogP contribution in [0.3, 0.4) is 0 Å². The summed E-state index contributed by atoms with van der Waals surface area (Å²) in [5, 5.41) is 0. The van der Waals surface area contributed by atoms with Gasteiger partial charge in [-0.1, -0.05) is 13.8 Å². The van der Waals surface area contributed by atoms with E-state index in [1.807, 2.05) is 0 Å². The van der Waals surface area contributed by atoms with Crippen LogP contribution in [0.1, 0.15) is 59.3 Å². The molecule has 4 saturated carbocycles. The van der Waals surface area contributed by atoms with Crippen molar-refractivity contribution in [3.05, 3.63) is 0 Å². The summed E-state index contributed by atoms with van der Waals surface area (Å²) in [5.41, 5.74) is 6.00. The maximum Gasteiger partial charge on any atom is 1.00 e. The molecule has 0 spiro atoms. The van der Waals surface area contributed by atoms with Gasteiger partial charge in [-0.25, -0.2) is 0 Å². The topological polar surface area (TPSA) is 73.1 Å². The number of carbonyl (C=O) groups excluding carboxylic acids is 1. The summed E-state index contributed by atoms with van der Waals surface area (Å²) in [4.78, 5) is 9.22. The molecule has 0 unspecified atom stereocenters. The Bertz CT molecular complexity index is 268. The van der Waals surface area contributed by atoms with Crippen LogP contribution in [0.15, 0.2) is 0 Å². The van der Waals surface area contributed by atoms with Crippen LogP contribution in [-0.4, -0.2) is 11.4 Å². The predicted octanol–water partition coefficient (Wildman–Crippen LogP) is -0.0684. The summed E-state index contributed by atoms with van der Waals surface area (Å²) in [6.07, 6.45) is 9.33. The summed E-state index contributed by atoms with van der Waals surface area (Å²) in [5.74, 6) is 1.89. The molecule has 4 aliphatic rings. The van der Waals surface area contributed by atoms with Crippen LogP contribution in [0.5, 0.6) is 0 Å². The van der Waals surface area contributed by atoms with E-state index in [-0.39, 0.29) is 40.9 Å². The first kappa shape index (κ1) is 18.4. The van der Waals surface area contributed by atoms with Gasteiger partial charge in [-0.3, -0.25) is 4.79 Å². The zero-order valence-corrected chi connectivity index (χ0v) is 14.3. The number of hydrogen-bond donors (Lipinski definition) is 1. The van der Waals surface area contributed by atoms with Crippen molar-refractivity contribution in [1.29, 1.82) is 0 Å². The van der Waals surface area contributed by atoms with Gasteiger partial charge < -0.3 is 11.2 Å². The second-order valence-electron chi connectivity index (χ2n) is 7.19. The number of hydrogen-bond acceptors (Lipinski definition) is 2. The zero-order valence-electron chi connectivity index (χ0n) is 12.3. The van der Waals surface area contributed by atoms with Gasteiger partial charge in [-0.05, 0) is 61.2 Å². The number of carbonyl (C=O) groups is 1. The fraction of sp³-hybridized carbons (Fsp3) is 0.929. The molecule has 0 aromatic heterocycles. The van der Waals surface area contributed by atoms with Crippen LogP contribution in [0, 0.1) is 22.7 Å². The van der Waals surface area contributed by atoms with E-state index in [9.17, 15) is 4.79 Å². The minimum atomic E-state index is -0.333. The smallest absolute Gasteiger partial charge is 0.870 e. The monoisotopic (exact) mass is 263 g/mol. The summed E-state index contributed by atoms with van der Waals surface area (Å²) >= 11 is 0. The maximum absolute atomic E-state index is 9.22. The minimum Gasteiger partial charge on any atom is -0.870 e. The Morgan fingerprint density at radius 3 is 1.56 bits per heavy atom. The van der Waals surface area contributed by atoms with Gasteiger partial charge in [0.05, 0.1) is 0 Å². The zero-order chi connectivity index (χ0) is 12.0. The van der Waals surface area contributed by atoms with E-state index in [1.165, 1.54) is 13.3 Å². The van der Waals surface area contributed by atoms with Crippen LogP contribution >= 0.6 is 0 Å². The molecule has 100 valence electrons. The van der Waals surface area contributed by atoms with E-state index in [2.05, 4.69) is 19.6 Å². The molecule has 4 heteroatoms. The van der Waals surface area contributed by atoms with E-state index in [4.69, 9.17) is 0 Å². The fourth-order valence-corrected chi connectivity index (χ4v) is 5.22. The molecule has 0 atom stereocenters. The Labute approximate surface area is 133 Å². The van der Waals surface area contributed by atoms with Crippen molar-refractivity contribution >= 4 is 5.91 Å². The molecular weight excluding hydrogens is 237 g/mol. The normalized spacial score (nSPS) is 43.1. The summed E-state index contributed by atoms with van der Waals surface area (Å²) in [6.45, 7) is 6.39. The Balaban J connectivity index is 0.000000433. The van der Waals surface area contributed by atoms with Crippen molar-refractivity contribution in [1.82, 2.24) is 0 Å². The van der Waals surface area contributed by atoms with Crippen LogP contribution in [0.4, 0.5) is 0 Å². The molecule has 4 fully saturated rings. The Kier molecular flexibility index (Phi) is 6.40. The summed E-state index contributed by atoms with van der Waals surface area (Å²) in [6, 6.07) is 0. The second kappa shape index (κ2) is 6.25. The molecule has 0 saturated heterocycles. The molecule has 3 nitrogen and oxygen atoms in total. The fourth-order valence-electron chi connectivity index (χ4n) is 5.22. The largest absolute Gasteiger partial charge is 1.00 e.